The Morgan fingerprint density at radius 2 is 1.85 bits per heavy atom. The molecular weight excluding hydrogens is 278 g/mol. The number of anilines is 1. The van der Waals surface area contributed by atoms with Gasteiger partial charge in [0.15, 0.2) is 0 Å². The summed E-state index contributed by atoms with van der Waals surface area (Å²) in [5, 5.41) is 2.96. The van der Waals surface area contributed by atoms with Crippen LogP contribution in [-0.4, -0.2) is 11.9 Å². The predicted octanol–water partition coefficient (Wildman–Crippen LogP) is 3.52. The normalized spacial score (nSPS) is 9.90. The maximum absolute atomic E-state index is 12.0. The Morgan fingerprint density at radius 3 is 2.55 bits per heavy atom. The summed E-state index contributed by atoms with van der Waals surface area (Å²) in [5.41, 5.74) is 0.863. The molecule has 5 heteroatoms. The molecule has 1 N–H and O–H groups in total. The van der Waals surface area contributed by atoms with Gasteiger partial charge in [0.1, 0.15) is 5.75 Å². The van der Waals surface area contributed by atoms with Crippen molar-refractivity contribution in [1.82, 2.24) is 0 Å². The molecule has 0 aromatic heterocycles. The summed E-state index contributed by atoms with van der Waals surface area (Å²) in [6, 6.07) is 13.2. The largest absolute Gasteiger partial charge is 0.421 e. The predicted molar refractivity (Wildman–Crippen MR) is 77.2 cm³/mol. The van der Waals surface area contributed by atoms with Crippen molar-refractivity contribution >= 4 is 29.2 Å². The molecule has 0 fully saturated rings. The van der Waals surface area contributed by atoms with E-state index in [2.05, 4.69) is 5.32 Å². The molecule has 1 amide bonds. The van der Waals surface area contributed by atoms with Crippen LogP contribution in [0.4, 0.5) is 5.69 Å². The van der Waals surface area contributed by atoms with Crippen LogP contribution in [0.25, 0.3) is 0 Å². The minimum absolute atomic E-state index is 0.207. The number of carbonyl (C=O) groups is 2. The van der Waals surface area contributed by atoms with Gasteiger partial charge >= 0.3 is 5.97 Å². The fraction of sp³-hybridized carbons (Fsp3) is 0.0667. The standard InChI is InChI=1S/C15H12ClNO3/c1-10(18)17-12-6-4-5-11(9-12)15(19)20-14-8-3-2-7-13(14)16/h2-9H,1H3,(H,17,18). The van der Waals surface area contributed by atoms with Crippen LogP contribution in [0.3, 0.4) is 0 Å². The van der Waals surface area contributed by atoms with E-state index in [9.17, 15) is 9.59 Å². The first kappa shape index (κ1) is 14.1. The molecule has 0 bridgehead atoms. The number of para-hydroxylation sites is 1. The first-order chi connectivity index (χ1) is 9.56. The number of benzene rings is 2. The number of rotatable bonds is 3. The van der Waals surface area contributed by atoms with E-state index in [-0.39, 0.29) is 5.91 Å². The van der Waals surface area contributed by atoms with E-state index in [0.29, 0.717) is 22.0 Å². The SMILES string of the molecule is CC(=O)Nc1cccc(C(=O)Oc2ccccc2Cl)c1. The lowest BCUT2D eigenvalue weighted by Gasteiger charge is -2.07. The number of hydrogen-bond donors (Lipinski definition) is 1. The van der Waals surface area contributed by atoms with E-state index in [4.69, 9.17) is 16.3 Å². The van der Waals surface area contributed by atoms with Gasteiger partial charge in [-0.15, -0.1) is 0 Å². The summed E-state index contributed by atoms with van der Waals surface area (Å²) in [6.07, 6.45) is 0. The number of esters is 1. The molecule has 0 unspecified atom stereocenters. The number of amides is 1. The highest BCUT2D eigenvalue weighted by Crippen LogP contribution is 2.24. The number of halogens is 1. The van der Waals surface area contributed by atoms with Crippen molar-refractivity contribution in [2.75, 3.05) is 5.32 Å². The van der Waals surface area contributed by atoms with Crippen LogP contribution in [0.1, 0.15) is 17.3 Å². The highest BCUT2D eigenvalue weighted by molar-refractivity contribution is 6.32. The van der Waals surface area contributed by atoms with Crippen LogP contribution in [0.5, 0.6) is 5.75 Å². The molecule has 0 atom stereocenters. The van der Waals surface area contributed by atoms with Crippen molar-refractivity contribution < 1.29 is 14.3 Å². The van der Waals surface area contributed by atoms with Gasteiger partial charge in [-0.3, -0.25) is 4.79 Å². The fourth-order valence-electron chi connectivity index (χ4n) is 1.61. The molecule has 0 saturated carbocycles. The van der Waals surface area contributed by atoms with Crippen molar-refractivity contribution in [3.8, 4) is 5.75 Å². The van der Waals surface area contributed by atoms with E-state index in [1.165, 1.54) is 6.92 Å². The lowest BCUT2D eigenvalue weighted by atomic mass is 10.2. The second kappa shape index (κ2) is 6.21. The summed E-state index contributed by atoms with van der Waals surface area (Å²) >= 11 is 5.92. The summed E-state index contributed by atoms with van der Waals surface area (Å²) < 4.78 is 5.21. The van der Waals surface area contributed by atoms with Crippen LogP contribution in [0.15, 0.2) is 48.5 Å². The lowest BCUT2D eigenvalue weighted by molar-refractivity contribution is -0.114. The molecule has 0 saturated heterocycles. The smallest absolute Gasteiger partial charge is 0.343 e. The first-order valence-corrected chi connectivity index (χ1v) is 6.28. The fourth-order valence-corrected chi connectivity index (χ4v) is 1.79. The second-order valence-electron chi connectivity index (χ2n) is 4.08. The Morgan fingerprint density at radius 1 is 1.10 bits per heavy atom. The molecule has 2 rings (SSSR count). The zero-order valence-electron chi connectivity index (χ0n) is 10.7. The van der Waals surface area contributed by atoms with Crippen LogP contribution >= 0.6 is 11.6 Å². The van der Waals surface area contributed by atoms with Crippen molar-refractivity contribution in [1.29, 1.82) is 0 Å². The summed E-state index contributed by atoms with van der Waals surface area (Å²) in [7, 11) is 0. The number of carbonyl (C=O) groups excluding carboxylic acids is 2. The number of hydrogen-bond acceptors (Lipinski definition) is 3. The molecule has 0 spiro atoms. The van der Waals surface area contributed by atoms with Crippen molar-refractivity contribution in [3.05, 3.63) is 59.1 Å². The third-order valence-corrected chi connectivity index (χ3v) is 2.77. The molecule has 0 aliphatic rings. The minimum Gasteiger partial charge on any atom is -0.421 e. The van der Waals surface area contributed by atoms with Crippen molar-refractivity contribution in [3.63, 3.8) is 0 Å². The zero-order valence-corrected chi connectivity index (χ0v) is 11.5. The maximum Gasteiger partial charge on any atom is 0.343 e. The Kier molecular flexibility index (Phi) is 4.38. The van der Waals surface area contributed by atoms with Gasteiger partial charge in [-0.2, -0.15) is 0 Å². The second-order valence-corrected chi connectivity index (χ2v) is 4.49. The quantitative estimate of drug-likeness (QED) is 0.695. The molecule has 0 radical (unpaired) electrons. The minimum atomic E-state index is -0.537. The van der Waals surface area contributed by atoms with Crippen LogP contribution < -0.4 is 10.1 Å². The third kappa shape index (κ3) is 3.59. The monoisotopic (exact) mass is 289 g/mol. The van der Waals surface area contributed by atoms with Crippen molar-refractivity contribution in [2.24, 2.45) is 0 Å². The van der Waals surface area contributed by atoms with Crippen LogP contribution in [-0.2, 0) is 4.79 Å². The number of nitrogens with one attached hydrogen (secondary N) is 1. The van der Waals surface area contributed by atoms with E-state index in [0.717, 1.165) is 0 Å². The summed E-state index contributed by atoms with van der Waals surface area (Å²) in [4.78, 5) is 23.0. The average Bonchev–Trinajstić information content (AvgIpc) is 2.41. The van der Waals surface area contributed by atoms with Gasteiger partial charge in [-0.05, 0) is 30.3 Å². The molecule has 2 aromatic rings. The Labute approximate surface area is 121 Å². The molecular formula is C15H12ClNO3. The van der Waals surface area contributed by atoms with Gasteiger partial charge in [-0.1, -0.05) is 29.8 Å². The zero-order chi connectivity index (χ0) is 14.5. The average molecular weight is 290 g/mol. The van der Waals surface area contributed by atoms with E-state index >= 15 is 0 Å². The van der Waals surface area contributed by atoms with Crippen LogP contribution in [0.2, 0.25) is 5.02 Å². The summed E-state index contributed by atoms with van der Waals surface area (Å²) in [6.45, 7) is 1.40. The molecule has 2 aromatic carbocycles. The molecule has 0 aliphatic carbocycles. The Bertz CT molecular complexity index is 655. The topological polar surface area (TPSA) is 55.4 Å². The van der Waals surface area contributed by atoms with Crippen molar-refractivity contribution in [2.45, 2.75) is 6.92 Å². The molecule has 102 valence electrons. The van der Waals surface area contributed by atoms with Gasteiger partial charge < -0.3 is 10.1 Å². The maximum atomic E-state index is 12.0. The lowest BCUT2D eigenvalue weighted by Crippen LogP contribution is -2.10. The highest BCUT2D eigenvalue weighted by atomic mass is 35.5. The van der Waals surface area contributed by atoms with Gasteiger partial charge in [0.2, 0.25) is 5.91 Å². The van der Waals surface area contributed by atoms with Gasteiger partial charge in [0.25, 0.3) is 0 Å². The summed E-state index contributed by atoms with van der Waals surface area (Å²) in [5.74, 6) is -0.448. The van der Waals surface area contributed by atoms with E-state index < -0.39 is 5.97 Å². The Balaban J connectivity index is 2.17. The van der Waals surface area contributed by atoms with Gasteiger partial charge in [-0.25, -0.2) is 4.79 Å². The molecule has 20 heavy (non-hydrogen) atoms. The third-order valence-electron chi connectivity index (χ3n) is 2.46. The molecule has 0 aliphatic heterocycles. The van der Waals surface area contributed by atoms with Gasteiger partial charge in [0, 0.05) is 12.6 Å². The highest BCUT2D eigenvalue weighted by Gasteiger charge is 2.11. The number of ether oxygens (including phenoxy) is 1. The van der Waals surface area contributed by atoms with Crippen LogP contribution in [0, 0.1) is 0 Å². The van der Waals surface area contributed by atoms with E-state index in [1.54, 1.807) is 48.5 Å². The van der Waals surface area contributed by atoms with E-state index in [1.807, 2.05) is 0 Å². The molecule has 4 nitrogen and oxygen atoms in total. The molecule has 0 heterocycles. The Hall–Kier alpha value is -2.33. The van der Waals surface area contributed by atoms with Gasteiger partial charge in [0.05, 0.1) is 10.6 Å². The first-order valence-electron chi connectivity index (χ1n) is 5.90.